The number of hydrogen-bond donors (Lipinski definition) is 2. The Labute approximate surface area is 210 Å². The summed E-state index contributed by atoms with van der Waals surface area (Å²) < 4.78 is 53.1. The van der Waals surface area contributed by atoms with Crippen molar-refractivity contribution in [2.24, 2.45) is 0 Å². The minimum absolute atomic E-state index is 0.0172. The molecular weight excluding hydrogens is 499 g/mol. The second kappa shape index (κ2) is 10.5. The molecule has 7 nitrogen and oxygen atoms in total. The number of nitrogens with zero attached hydrogens (tertiary/aromatic N) is 2. The predicted molar refractivity (Wildman–Crippen MR) is 129 cm³/mol. The number of rotatable bonds is 6. The third-order valence-electron chi connectivity index (χ3n) is 6.05. The van der Waals surface area contributed by atoms with Gasteiger partial charge in [0.05, 0.1) is 39.8 Å². The van der Waals surface area contributed by atoms with E-state index in [0.717, 1.165) is 19.0 Å². The van der Waals surface area contributed by atoms with Crippen LogP contribution in [0.3, 0.4) is 0 Å². The Morgan fingerprint density at radius 1 is 1.22 bits per heavy atom. The maximum Gasteiger partial charge on any atom is 0.418 e. The maximum atomic E-state index is 14.2. The third-order valence-corrected chi connectivity index (χ3v) is 6.35. The molecule has 1 aromatic heterocycles. The Hall–Kier alpha value is -3.08. The van der Waals surface area contributed by atoms with E-state index in [2.05, 4.69) is 15.4 Å². The number of aromatic carboxylic acids is 1. The molecule has 1 saturated heterocycles. The standard InChI is InChI=1S/C25H25ClF3N3O4/c1-14-21(15(2)36-31-14)17-11-18(25(27,28)29)23(19(26)12-17)30-20-6-3-5-16(22(20)24(33)34)13-32-7-4-9-35-10-8-32/h3,5-6,11-12,30H,4,7-10,13H2,1-2H3,(H,33,34). The first-order valence-corrected chi connectivity index (χ1v) is 11.7. The van der Waals surface area contributed by atoms with E-state index in [9.17, 15) is 23.1 Å². The smallest absolute Gasteiger partial charge is 0.418 e. The van der Waals surface area contributed by atoms with Gasteiger partial charge in [0.15, 0.2) is 0 Å². The van der Waals surface area contributed by atoms with Crippen molar-refractivity contribution >= 4 is 28.9 Å². The van der Waals surface area contributed by atoms with Gasteiger partial charge in [0.1, 0.15) is 5.76 Å². The molecule has 11 heteroatoms. The molecule has 0 amide bonds. The Bertz CT molecular complexity index is 1250. The molecule has 3 aromatic rings. The van der Waals surface area contributed by atoms with Crippen molar-refractivity contribution in [3.63, 3.8) is 0 Å². The number of hydrogen-bond acceptors (Lipinski definition) is 6. The maximum absolute atomic E-state index is 14.2. The lowest BCUT2D eigenvalue weighted by Crippen LogP contribution is -2.27. The molecule has 0 aliphatic carbocycles. The number of alkyl halides is 3. The molecule has 2 N–H and O–H groups in total. The quantitative estimate of drug-likeness (QED) is 0.392. The lowest BCUT2D eigenvalue weighted by atomic mass is 9.99. The average molecular weight is 524 g/mol. The molecule has 2 heterocycles. The van der Waals surface area contributed by atoms with Gasteiger partial charge in [0.25, 0.3) is 0 Å². The van der Waals surface area contributed by atoms with Crippen molar-refractivity contribution in [3.05, 3.63) is 63.5 Å². The van der Waals surface area contributed by atoms with Crippen LogP contribution in [0.2, 0.25) is 5.02 Å². The van der Waals surface area contributed by atoms with Crippen LogP contribution in [0.15, 0.2) is 34.9 Å². The highest BCUT2D eigenvalue weighted by Crippen LogP contribution is 2.44. The number of carboxylic acid groups (broad SMARTS) is 1. The highest BCUT2D eigenvalue weighted by atomic mass is 35.5. The second-order valence-electron chi connectivity index (χ2n) is 8.59. The molecule has 36 heavy (non-hydrogen) atoms. The van der Waals surface area contributed by atoms with Crippen LogP contribution in [0, 0.1) is 13.8 Å². The third kappa shape index (κ3) is 5.50. The number of benzene rings is 2. The van der Waals surface area contributed by atoms with Gasteiger partial charge in [-0.25, -0.2) is 4.79 Å². The van der Waals surface area contributed by atoms with Gasteiger partial charge in [0, 0.05) is 31.8 Å². The lowest BCUT2D eigenvalue weighted by Gasteiger charge is -2.22. The molecule has 2 aromatic carbocycles. The van der Waals surface area contributed by atoms with Gasteiger partial charge in [-0.1, -0.05) is 28.9 Å². The van der Waals surface area contributed by atoms with E-state index in [-0.39, 0.29) is 21.8 Å². The fourth-order valence-electron chi connectivity index (χ4n) is 4.42. The SMILES string of the molecule is Cc1noc(C)c1-c1cc(Cl)c(Nc2cccc(CN3CCCOCC3)c2C(=O)O)c(C(F)(F)F)c1. The van der Waals surface area contributed by atoms with E-state index in [1.54, 1.807) is 26.0 Å². The Morgan fingerprint density at radius 3 is 2.67 bits per heavy atom. The van der Waals surface area contributed by atoms with Crippen LogP contribution in [-0.2, 0) is 17.5 Å². The van der Waals surface area contributed by atoms with Crippen LogP contribution in [0.1, 0.15) is 39.4 Å². The summed E-state index contributed by atoms with van der Waals surface area (Å²) in [6.07, 6.45) is -3.96. The number of nitrogens with one attached hydrogen (secondary N) is 1. The zero-order valence-electron chi connectivity index (χ0n) is 19.7. The molecule has 0 bridgehead atoms. The number of carboxylic acids is 1. The van der Waals surface area contributed by atoms with Crippen LogP contribution >= 0.6 is 11.6 Å². The normalized spacial score (nSPS) is 15.1. The number of anilines is 2. The van der Waals surface area contributed by atoms with Crippen LogP contribution in [0.25, 0.3) is 11.1 Å². The molecule has 4 rings (SSSR count). The summed E-state index contributed by atoms with van der Waals surface area (Å²) in [4.78, 5) is 14.3. The molecule has 192 valence electrons. The van der Waals surface area contributed by atoms with Gasteiger partial charge < -0.3 is 19.7 Å². The monoisotopic (exact) mass is 523 g/mol. The molecule has 1 fully saturated rings. The fourth-order valence-corrected chi connectivity index (χ4v) is 4.68. The number of halogens is 4. The Kier molecular flexibility index (Phi) is 7.58. The van der Waals surface area contributed by atoms with Gasteiger partial charge in [-0.05, 0) is 49.6 Å². The topological polar surface area (TPSA) is 87.8 Å². The summed E-state index contributed by atoms with van der Waals surface area (Å²) in [5, 5.41) is 16.2. The first kappa shape index (κ1) is 26.0. The van der Waals surface area contributed by atoms with Crippen LogP contribution in [-0.4, -0.2) is 47.4 Å². The molecule has 0 radical (unpaired) electrons. The number of aromatic nitrogens is 1. The summed E-state index contributed by atoms with van der Waals surface area (Å²) in [5.41, 5.74) is -0.0268. The fraction of sp³-hybridized carbons (Fsp3) is 0.360. The van der Waals surface area contributed by atoms with Crippen molar-refractivity contribution in [3.8, 4) is 11.1 Å². The van der Waals surface area contributed by atoms with Crippen molar-refractivity contribution in [1.82, 2.24) is 10.1 Å². The van der Waals surface area contributed by atoms with E-state index < -0.39 is 23.4 Å². The van der Waals surface area contributed by atoms with Gasteiger partial charge in [-0.2, -0.15) is 13.2 Å². The van der Waals surface area contributed by atoms with Crippen LogP contribution in [0.5, 0.6) is 0 Å². The molecule has 0 saturated carbocycles. The molecular formula is C25H25ClF3N3O4. The largest absolute Gasteiger partial charge is 0.478 e. The van der Waals surface area contributed by atoms with Gasteiger partial charge in [0.2, 0.25) is 0 Å². The van der Waals surface area contributed by atoms with E-state index in [1.165, 1.54) is 12.1 Å². The van der Waals surface area contributed by atoms with Crippen molar-refractivity contribution in [1.29, 1.82) is 0 Å². The summed E-state index contributed by atoms with van der Waals surface area (Å²) in [5.74, 6) is -0.895. The van der Waals surface area contributed by atoms with Crippen LogP contribution in [0.4, 0.5) is 24.5 Å². The van der Waals surface area contributed by atoms with E-state index >= 15 is 0 Å². The number of ether oxygens (including phenoxy) is 1. The van der Waals surface area contributed by atoms with Crippen LogP contribution < -0.4 is 5.32 Å². The zero-order valence-corrected chi connectivity index (χ0v) is 20.5. The average Bonchev–Trinajstić information content (AvgIpc) is 2.97. The minimum Gasteiger partial charge on any atom is -0.478 e. The van der Waals surface area contributed by atoms with E-state index in [4.69, 9.17) is 20.9 Å². The minimum atomic E-state index is -4.77. The number of carbonyl (C=O) groups is 1. The Morgan fingerprint density at radius 2 is 2.00 bits per heavy atom. The molecule has 0 spiro atoms. The molecule has 0 atom stereocenters. The summed E-state index contributed by atoms with van der Waals surface area (Å²) in [6.45, 7) is 6.07. The van der Waals surface area contributed by atoms with Crippen molar-refractivity contribution in [2.75, 3.05) is 31.6 Å². The summed E-state index contributed by atoms with van der Waals surface area (Å²) in [6, 6.07) is 7.04. The number of aryl methyl sites for hydroxylation is 2. The zero-order chi connectivity index (χ0) is 26.0. The first-order valence-electron chi connectivity index (χ1n) is 11.3. The Balaban J connectivity index is 1.77. The van der Waals surface area contributed by atoms with Gasteiger partial charge in [-0.3, -0.25) is 4.90 Å². The van der Waals surface area contributed by atoms with Gasteiger partial charge >= 0.3 is 12.1 Å². The van der Waals surface area contributed by atoms with Crippen molar-refractivity contribution in [2.45, 2.75) is 33.0 Å². The lowest BCUT2D eigenvalue weighted by molar-refractivity contribution is -0.136. The first-order chi connectivity index (χ1) is 17.1. The van der Waals surface area contributed by atoms with Crippen molar-refractivity contribution < 1.29 is 32.3 Å². The predicted octanol–water partition coefficient (Wildman–Crippen LogP) is 6.29. The highest BCUT2D eigenvalue weighted by Gasteiger charge is 2.36. The molecule has 1 aliphatic rings. The summed E-state index contributed by atoms with van der Waals surface area (Å²) in [7, 11) is 0. The second-order valence-corrected chi connectivity index (χ2v) is 9.00. The molecule has 1 aliphatic heterocycles. The van der Waals surface area contributed by atoms with E-state index in [1.807, 2.05) is 0 Å². The summed E-state index contributed by atoms with van der Waals surface area (Å²) >= 11 is 6.37. The van der Waals surface area contributed by atoms with Gasteiger partial charge in [-0.15, -0.1) is 0 Å². The van der Waals surface area contributed by atoms with E-state index in [0.29, 0.717) is 48.9 Å². The highest BCUT2D eigenvalue weighted by molar-refractivity contribution is 6.34. The molecule has 0 unspecified atom stereocenters.